The number of carbonyl (C=O) groups excluding carboxylic acids is 2. The molecule has 2 aromatic heterocycles. The van der Waals surface area contributed by atoms with Crippen LogP contribution in [0.1, 0.15) is 54.7 Å². The van der Waals surface area contributed by atoms with Crippen molar-refractivity contribution >= 4 is 17.6 Å². The lowest BCUT2D eigenvalue weighted by molar-refractivity contribution is -0.138. The third kappa shape index (κ3) is 5.44. The average Bonchev–Trinajstić information content (AvgIpc) is 3.46. The van der Waals surface area contributed by atoms with Crippen LogP contribution in [0.25, 0.3) is 0 Å². The first-order chi connectivity index (χ1) is 16.7. The summed E-state index contributed by atoms with van der Waals surface area (Å²) in [4.78, 5) is 31.7. The van der Waals surface area contributed by atoms with Crippen LogP contribution in [0.15, 0.2) is 42.6 Å². The molecule has 3 aromatic rings. The van der Waals surface area contributed by atoms with E-state index in [2.05, 4.69) is 25.7 Å². The number of nitrogens with zero attached hydrogens (tertiary/aromatic N) is 4. The Bertz CT molecular complexity index is 1200. The number of amides is 2. The third-order valence-electron chi connectivity index (χ3n) is 6.02. The van der Waals surface area contributed by atoms with Crippen LogP contribution in [0, 0.1) is 5.82 Å². The molecule has 1 aliphatic rings. The number of nitrogen functional groups attached to an aromatic ring is 1. The number of H-pyrrole nitrogens is 1. The molecule has 11 heteroatoms. The van der Waals surface area contributed by atoms with Crippen molar-refractivity contribution in [3.63, 3.8) is 0 Å². The van der Waals surface area contributed by atoms with E-state index in [-0.39, 0.29) is 31.1 Å². The van der Waals surface area contributed by atoms with Crippen molar-refractivity contribution in [1.29, 1.82) is 0 Å². The number of aromatic nitrogens is 4. The number of benzene rings is 1. The van der Waals surface area contributed by atoms with Gasteiger partial charge in [0.15, 0.2) is 0 Å². The zero-order valence-electron chi connectivity index (χ0n) is 19.4. The molecule has 3 heterocycles. The molecule has 0 aliphatic carbocycles. The van der Waals surface area contributed by atoms with Gasteiger partial charge in [0.25, 0.3) is 0 Å². The van der Waals surface area contributed by atoms with Gasteiger partial charge < -0.3 is 16.0 Å². The minimum absolute atomic E-state index is 0.0214. The van der Waals surface area contributed by atoms with E-state index in [4.69, 9.17) is 5.73 Å². The molecule has 35 heavy (non-hydrogen) atoms. The lowest BCUT2D eigenvalue weighted by Crippen LogP contribution is -2.47. The van der Waals surface area contributed by atoms with Gasteiger partial charge in [-0.3, -0.25) is 9.59 Å². The van der Waals surface area contributed by atoms with Crippen molar-refractivity contribution < 1.29 is 18.4 Å². The highest BCUT2D eigenvalue weighted by Crippen LogP contribution is 2.28. The molecule has 1 fully saturated rings. The van der Waals surface area contributed by atoms with E-state index in [9.17, 15) is 18.4 Å². The maximum Gasteiger partial charge on any atom is 0.243 e. The molecule has 3 atom stereocenters. The molecule has 4 rings (SSSR count). The van der Waals surface area contributed by atoms with E-state index in [0.29, 0.717) is 22.5 Å². The van der Waals surface area contributed by atoms with Crippen LogP contribution in [0.4, 0.5) is 14.6 Å². The van der Waals surface area contributed by atoms with E-state index in [1.54, 1.807) is 30.3 Å². The highest BCUT2D eigenvalue weighted by molar-refractivity contribution is 5.89. The van der Waals surface area contributed by atoms with Crippen molar-refractivity contribution in [3.05, 3.63) is 70.9 Å². The quantitative estimate of drug-likeness (QED) is 0.473. The molecule has 1 aromatic carbocycles. The number of likely N-dealkylation sites (tertiary alicyclic amines) is 1. The van der Waals surface area contributed by atoms with Crippen molar-refractivity contribution in [1.82, 2.24) is 30.6 Å². The van der Waals surface area contributed by atoms with Crippen molar-refractivity contribution in [2.24, 2.45) is 0 Å². The largest absolute Gasteiger partial charge is 0.384 e. The lowest BCUT2D eigenvalue weighted by atomic mass is 9.96. The van der Waals surface area contributed by atoms with Crippen LogP contribution in [-0.4, -0.2) is 55.9 Å². The predicted octanol–water partition coefficient (Wildman–Crippen LogP) is 2.43. The SMILES string of the molecule is CC(C)c1ccc(C(NC(=O)[C@@H]2C[C@@H](F)CN2C(=O)Cc2cn[nH]n2)c2cccc(N)n2)cc1F. The molecule has 2 amide bonds. The van der Waals surface area contributed by atoms with E-state index < -0.39 is 35.9 Å². The second kappa shape index (κ2) is 10.2. The van der Waals surface area contributed by atoms with Gasteiger partial charge in [0, 0.05) is 6.42 Å². The molecule has 1 aliphatic heterocycles. The summed E-state index contributed by atoms with van der Waals surface area (Å²) < 4.78 is 29.2. The van der Waals surface area contributed by atoms with E-state index in [0.717, 1.165) is 0 Å². The molecule has 0 saturated carbocycles. The normalized spacial score (nSPS) is 18.6. The Morgan fingerprint density at radius 3 is 2.74 bits per heavy atom. The summed E-state index contributed by atoms with van der Waals surface area (Å²) in [6.45, 7) is 3.57. The molecule has 1 unspecified atom stereocenters. The topological polar surface area (TPSA) is 130 Å². The second-order valence-electron chi connectivity index (χ2n) is 8.90. The molecule has 9 nitrogen and oxygen atoms in total. The predicted molar refractivity (Wildman–Crippen MR) is 124 cm³/mol. The van der Waals surface area contributed by atoms with E-state index in [1.807, 2.05) is 13.8 Å². The summed E-state index contributed by atoms with van der Waals surface area (Å²) in [5, 5.41) is 12.8. The van der Waals surface area contributed by atoms with Crippen LogP contribution in [0.3, 0.4) is 0 Å². The van der Waals surface area contributed by atoms with Gasteiger partial charge in [-0.2, -0.15) is 15.4 Å². The van der Waals surface area contributed by atoms with Crippen molar-refractivity contribution in [3.8, 4) is 0 Å². The highest BCUT2D eigenvalue weighted by Gasteiger charge is 2.40. The first kappa shape index (κ1) is 24.2. The summed E-state index contributed by atoms with van der Waals surface area (Å²) in [5.74, 6) is -1.21. The number of nitrogens with one attached hydrogen (secondary N) is 2. The van der Waals surface area contributed by atoms with Gasteiger partial charge >= 0.3 is 0 Å². The zero-order valence-corrected chi connectivity index (χ0v) is 19.4. The van der Waals surface area contributed by atoms with E-state index in [1.165, 1.54) is 17.2 Å². The molecular formula is C24H27F2N7O2. The Hall–Kier alpha value is -3.89. The number of hydrogen-bond acceptors (Lipinski definition) is 6. The third-order valence-corrected chi connectivity index (χ3v) is 6.02. The van der Waals surface area contributed by atoms with Gasteiger partial charge in [0.1, 0.15) is 23.8 Å². The number of nitrogens with two attached hydrogens (primary N) is 1. The van der Waals surface area contributed by atoms with Gasteiger partial charge in [-0.15, -0.1) is 0 Å². The highest BCUT2D eigenvalue weighted by atomic mass is 19.1. The van der Waals surface area contributed by atoms with Crippen LogP contribution < -0.4 is 11.1 Å². The number of aromatic amines is 1. The number of hydrogen-bond donors (Lipinski definition) is 3. The molecule has 0 spiro atoms. The first-order valence-electron chi connectivity index (χ1n) is 11.3. The van der Waals surface area contributed by atoms with Crippen LogP contribution in [-0.2, 0) is 16.0 Å². The van der Waals surface area contributed by atoms with Crippen LogP contribution in [0.5, 0.6) is 0 Å². The second-order valence-corrected chi connectivity index (χ2v) is 8.90. The molecule has 1 saturated heterocycles. The van der Waals surface area contributed by atoms with Crippen LogP contribution in [0.2, 0.25) is 0 Å². The average molecular weight is 484 g/mol. The smallest absolute Gasteiger partial charge is 0.243 e. The Morgan fingerprint density at radius 1 is 1.29 bits per heavy atom. The maximum atomic E-state index is 14.8. The number of alkyl halides is 1. The Balaban J connectivity index is 1.61. The van der Waals surface area contributed by atoms with Gasteiger partial charge in [-0.1, -0.05) is 32.0 Å². The minimum Gasteiger partial charge on any atom is -0.384 e. The number of carbonyl (C=O) groups is 2. The standard InChI is InChI=1S/C24H27F2N7O2/c1-13(2)17-7-6-14(8-18(17)26)23(19-4-3-5-21(27)29-19)30-24(35)20-9-15(25)12-33(20)22(34)10-16-11-28-32-31-16/h3-8,11,13,15,20,23H,9-10,12H2,1-2H3,(H2,27,29)(H,30,35)(H,28,31,32)/t15-,20+,23?/m1/s1. The number of halogens is 2. The van der Waals surface area contributed by atoms with E-state index >= 15 is 0 Å². The summed E-state index contributed by atoms with van der Waals surface area (Å²) in [6, 6.07) is 7.79. The maximum absolute atomic E-state index is 14.8. The van der Waals surface area contributed by atoms with Crippen LogP contribution >= 0.6 is 0 Å². The van der Waals surface area contributed by atoms with Gasteiger partial charge in [0.2, 0.25) is 11.8 Å². The zero-order chi connectivity index (χ0) is 25.1. The summed E-state index contributed by atoms with van der Waals surface area (Å²) in [5.41, 5.74) is 7.63. The van der Waals surface area contributed by atoms with Gasteiger partial charge in [-0.05, 0) is 35.2 Å². The first-order valence-corrected chi connectivity index (χ1v) is 11.3. The number of pyridine rings is 1. The monoisotopic (exact) mass is 483 g/mol. The Morgan fingerprint density at radius 2 is 2.09 bits per heavy atom. The van der Waals surface area contributed by atoms with Crippen molar-refractivity contribution in [2.45, 2.75) is 50.9 Å². The molecule has 4 N–H and O–H groups in total. The fraction of sp³-hybridized carbons (Fsp3) is 0.375. The molecule has 0 bridgehead atoms. The fourth-order valence-corrected chi connectivity index (χ4v) is 4.26. The van der Waals surface area contributed by atoms with Gasteiger partial charge in [0.05, 0.1) is 36.6 Å². The minimum atomic E-state index is -1.35. The fourth-order valence-electron chi connectivity index (χ4n) is 4.26. The lowest BCUT2D eigenvalue weighted by Gasteiger charge is -2.26. The summed E-state index contributed by atoms with van der Waals surface area (Å²) in [7, 11) is 0. The Labute approximate surface area is 201 Å². The Kier molecular flexibility index (Phi) is 7.04. The number of rotatable bonds is 7. The van der Waals surface area contributed by atoms with Crippen molar-refractivity contribution in [2.75, 3.05) is 12.3 Å². The molecular weight excluding hydrogens is 456 g/mol. The number of anilines is 1. The van der Waals surface area contributed by atoms with Gasteiger partial charge in [-0.25, -0.2) is 13.8 Å². The summed E-state index contributed by atoms with van der Waals surface area (Å²) in [6.07, 6.45) is -0.213. The summed E-state index contributed by atoms with van der Waals surface area (Å²) >= 11 is 0. The molecule has 0 radical (unpaired) electrons. The molecule has 184 valence electrons.